The lowest BCUT2D eigenvalue weighted by molar-refractivity contribution is -0.145. The third-order valence-electron chi connectivity index (χ3n) is 3.13. The van der Waals surface area contributed by atoms with Crippen molar-refractivity contribution in [3.8, 4) is 0 Å². The summed E-state index contributed by atoms with van der Waals surface area (Å²) in [6.07, 6.45) is 2.96. The summed E-state index contributed by atoms with van der Waals surface area (Å²) in [6.45, 7) is 1.30. The van der Waals surface area contributed by atoms with Gasteiger partial charge in [-0.15, -0.1) is 0 Å². The number of esters is 2. The molecule has 0 amide bonds. The standard InChI is InChI=1S/C14H16N2O7/c1-8(17)22-7-10-3-4-11(23-10)16-6-9(5-12(18)21-2)13(19)15-14(16)20/h3-4,6,10-11H,5,7H2,1-2H3,(H,15,19,20)/t10-,11+/m1/s1. The van der Waals surface area contributed by atoms with Crippen LogP contribution in [0.25, 0.3) is 0 Å². The summed E-state index contributed by atoms with van der Waals surface area (Å²) >= 11 is 0. The Bertz CT molecular complexity index is 746. The molecule has 1 aromatic heterocycles. The number of carbonyl (C=O) groups excluding carboxylic acids is 2. The molecule has 1 aliphatic rings. The fourth-order valence-corrected chi connectivity index (χ4v) is 2.01. The lowest BCUT2D eigenvalue weighted by atomic mass is 10.2. The van der Waals surface area contributed by atoms with Crippen molar-refractivity contribution in [1.29, 1.82) is 0 Å². The molecule has 2 atom stereocenters. The Hall–Kier alpha value is -2.68. The van der Waals surface area contributed by atoms with Crippen molar-refractivity contribution >= 4 is 11.9 Å². The average molecular weight is 324 g/mol. The number of carbonyl (C=O) groups is 2. The lowest BCUT2D eigenvalue weighted by Gasteiger charge is -2.16. The number of rotatable bonds is 5. The van der Waals surface area contributed by atoms with Gasteiger partial charge in [0.15, 0.2) is 6.23 Å². The third kappa shape index (κ3) is 4.16. The molecule has 9 nitrogen and oxygen atoms in total. The van der Waals surface area contributed by atoms with Gasteiger partial charge in [0.1, 0.15) is 12.7 Å². The Morgan fingerprint density at radius 1 is 1.35 bits per heavy atom. The monoisotopic (exact) mass is 324 g/mol. The summed E-state index contributed by atoms with van der Waals surface area (Å²) in [5.74, 6) is -1.04. The fraction of sp³-hybridized carbons (Fsp3) is 0.429. The topological polar surface area (TPSA) is 117 Å². The van der Waals surface area contributed by atoms with Crippen LogP contribution < -0.4 is 11.2 Å². The molecule has 124 valence electrons. The van der Waals surface area contributed by atoms with Crippen molar-refractivity contribution in [2.75, 3.05) is 13.7 Å². The normalized spacial score (nSPS) is 19.6. The first kappa shape index (κ1) is 16.7. The molecule has 0 aliphatic carbocycles. The quantitative estimate of drug-likeness (QED) is 0.560. The van der Waals surface area contributed by atoms with Gasteiger partial charge >= 0.3 is 17.6 Å². The Morgan fingerprint density at radius 2 is 2.09 bits per heavy atom. The molecule has 0 unspecified atom stereocenters. The Morgan fingerprint density at radius 3 is 2.74 bits per heavy atom. The van der Waals surface area contributed by atoms with Crippen LogP contribution in [-0.4, -0.2) is 41.3 Å². The zero-order valence-electron chi connectivity index (χ0n) is 12.6. The number of methoxy groups -OCH3 is 1. The van der Waals surface area contributed by atoms with E-state index in [0.29, 0.717) is 0 Å². The Kier molecular flexibility index (Phi) is 5.12. The first-order valence-electron chi connectivity index (χ1n) is 6.79. The van der Waals surface area contributed by atoms with E-state index in [4.69, 9.17) is 9.47 Å². The summed E-state index contributed by atoms with van der Waals surface area (Å²) in [4.78, 5) is 47.8. The molecule has 0 fully saturated rings. The van der Waals surface area contributed by atoms with Crippen LogP contribution in [0.3, 0.4) is 0 Å². The zero-order chi connectivity index (χ0) is 17.0. The second-order valence-electron chi connectivity index (χ2n) is 4.83. The van der Waals surface area contributed by atoms with E-state index in [9.17, 15) is 19.2 Å². The van der Waals surface area contributed by atoms with E-state index in [1.807, 2.05) is 0 Å². The van der Waals surface area contributed by atoms with Crippen molar-refractivity contribution in [3.05, 3.63) is 44.8 Å². The van der Waals surface area contributed by atoms with Gasteiger partial charge in [-0.2, -0.15) is 0 Å². The summed E-state index contributed by atoms with van der Waals surface area (Å²) in [6, 6.07) is 0. The smallest absolute Gasteiger partial charge is 0.330 e. The molecular weight excluding hydrogens is 308 g/mol. The number of aromatic nitrogens is 2. The van der Waals surface area contributed by atoms with E-state index in [0.717, 1.165) is 4.57 Å². The maximum absolute atomic E-state index is 11.9. The SMILES string of the molecule is COC(=O)Cc1cn([C@@H]2C=C[C@H](COC(C)=O)O2)c(=O)[nH]c1=O. The van der Waals surface area contributed by atoms with Crippen LogP contribution in [0.15, 0.2) is 27.9 Å². The van der Waals surface area contributed by atoms with Crippen molar-refractivity contribution in [3.63, 3.8) is 0 Å². The van der Waals surface area contributed by atoms with Gasteiger partial charge in [-0.05, 0) is 6.08 Å². The highest BCUT2D eigenvalue weighted by Crippen LogP contribution is 2.19. The van der Waals surface area contributed by atoms with Gasteiger partial charge < -0.3 is 14.2 Å². The highest BCUT2D eigenvalue weighted by Gasteiger charge is 2.23. The molecule has 1 aliphatic heterocycles. The number of hydrogen-bond acceptors (Lipinski definition) is 7. The molecule has 2 heterocycles. The first-order valence-corrected chi connectivity index (χ1v) is 6.79. The van der Waals surface area contributed by atoms with Gasteiger partial charge in [-0.25, -0.2) is 4.79 Å². The minimum Gasteiger partial charge on any atom is -0.469 e. The number of H-pyrrole nitrogens is 1. The van der Waals surface area contributed by atoms with E-state index in [2.05, 4.69) is 9.72 Å². The molecule has 0 bridgehead atoms. The van der Waals surface area contributed by atoms with E-state index in [1.165, 1.54) is 20.2 Å². The second-order valence-corrected chi connectivity index (χ2v) is 4.83. The molecule has 23 heavy (non-hydrogen) atoms. The molecule has 9 heteroatoms. The number of hydrogen-bond donors (Lipinski definition) is 1. The number of ether oxygens (including phenoxy) is 3. The predicted octanol–water partition coefficient (Wildman–Crippen LogP) is -0.731. The molecule has 0 spiro atoms. The van der Waals surface area contributed by atoms with E-state index in [-0.39, 0.29) is 18.6 Å². The molecule has 0 aromatic carbocycles. The molecule has 0 radical (unpaired) electrons. The van der Waals surface area contributed by atoms with Gasteiger partial charge in [0.25, 0.3) is 5.56 Å². The summed E-state index contributed by atoms with van der Waals surface area (Å²) in [7, 11) is 1.20. The second kappa shape index (κ2) is 7.05. The van der Waals surface area contributed by atoms with Gasteiger partial charge in [0.05, 0.1) is 13.5 Å². The number of nitrogens with zero attached hydrogens (tertiary/aromatic N) is 1. The third-order valence-corrected chi connectivity index (χ3v) is 3.13. The number of aromatic amines is 1. The van der Waals surface area contributed by atoms with Crippen molar-refractivity contribution in [1.82, 2.24) is 9.55 Å². The Balaban J connectivity index is 2.17. The predicted molar refractivity (Wildman–Crippen MR) is 76.7 cm³/mol. The molecule has 1 aromatic rings. The van der Waals surface area contributed by atoms with Crippen molar-refractivity contribution in [2.24, 2.45) is 0 Å². The molecule has 1 N–H and O–H groups in total. The van der Waals surface area contributed by atoms with E-state index < -0.39 is 35.5 Å². The van der Waals surface area contributed by atoms with Crippen LogP contribution in [0, 0.1) is 0 Å². The average Bonchev–Trinajstić information content (AvgIpc) is 2.96. The summed E-state index contributed by atoms with van der Waals surface area (Å²) in [5.41, 5.74) is -1.25. The van der Waals surface area contributed by atoms with Crippen LogP contribution in [0.2, 0.25) is 0 Å². The minimum atomic E-state index is -0.767. The van der Waals surface area contributed by atoms with Gasteiger partial charge in [-0.3, -0.25) is 23.9 Å². The van der Waals surface area contributed by atoms with Gasteiger partial charge in [0.2, 0.25) is 0 Å². The molecule has 0 saturated carbocycles. The van der Waals surface area contributed by atoms with Crippen LogP contribution >= 0.6 is 0 Å². The maximum Gasteiger partial charge on any atom is 0.330 e. The maximum atomic E-state index is 11.9. The largest absolute Gasteiger partial charge is 0.469 e. The van der Waals surface area contributed by atoms with Crippen LogP contribution in [0.5, 0.6) is 0 Å². The minimum absolute atomic E-state index is 0.0233. The first-order chi connectivity index (χ1) is 10.9. The lowest BCUT2D eigenvalue weighted by Crippen LogP contribution is -2.35. The molecular formula is C14H16N2O7. The van der Waals surface area contributed by atoms with E-state index in [1.54, 1.807) is 12.2 Å². The zero-order valence-corrected chi connectivity index (χ0v) is 12.6. The van der Waals surface area contributed by atoms with Gasteiger partial charge in [-0.1, -0.05) is 6.08 Å². The van der Waals surface area contributed by atoms with E-state index >= 15 is 0 Å². The van der Waals surface area contributed by atoms with Crippen molar-refractivity contribution < 1.29 is 23.8 Å². The fourth-order valence-electron chi connectivity index (χ4n) is 2.01. The molecule has 0 saturated heterocycles. The number of nitrogens with one attached hydrogen (secondary N) is 1. The van der Waals surface area contributed by atoms with Crippen LogP contribution in [-0.2, 0) is 30.2 Å². The van der Waals surface area contributed by atoms with Gasteiger partial charge in [0, 0.05) is 18.7 Å². The summed E-state index contributed by atoms with van der Waals surface area (Å²) < 4.78 is 16.0. The molecule has 2 rings (SSSR count). The highest BCUT2D eigenvalue weighted by molar-refractivity contribution is 5.72. The summed E-state index contributed by atoms with van der Waals surface area (Å²) in [5, 5.41) is 0. The van der Waals surface area contributed by atoms with Crippen LogP contribution in [0.4, 0.5) is 0 Å². The van der Waals surface area contributed by atoms with Crippen LogP contribution in [0.1, 0.15) is 18.7 Å². The van der Waals surface area contributed by atoms with Crippen molar-refractivity contribution in [2.45, 2.75) is 25.7 Å². The Labute approximate surface area is 130 Å². The highest BCUT2D eigenvalue weighted by atomic mass is 16.6.